The van der Waals surface area contributed by atoms with E-state index in [1.165, 1.54) is 77.5 Å². The standard InChI is InChI=1S/C16H30N2O/c1-2-7-16(8-3-1)19-13-12-17-10-11-18-9-5-4-6-15(18)14-17/h15-16H,1-14H2. The third-order valence-electron chi connectivity index (χ3n) is 5.23. The van der Waals surface area contributed by atoms with Gasteiger partial charge in [0.1, 0.15) is 0 Å². The molecule has 0 radical (unpaired) electrons. The third-order valence-corrected chi connectivity index (χ3v) is 5.23. The fourth-order valence-corrected chi connectivity index (χ4v) is 4.00. The fraction of sp³-hybridized carbons (Fsp3) is 1.00. The van der Waals surface area contributed by atoms with Crippen molar-refractivity contribution in [1.29, 1.82) is 0 Å². The number of rotatable bonds is 4. The summed E-state index contributed by atoms with van der Waals surface area (Å²) in [4.78, 5) is 5.34. The molecular weight excluding hydrogens is 236 g/mol. The molecule has 110 valence electrons. The van der Waals surface area contributed by atoms with Gasteiger partial charge in [-0.15, -0.1) is 0 Å². The molecule has 0 aromatic heterocycles. The molecule has 19 heavy (non-hydrogen) atoms. The van der Waals surface area contributed by atoms with Gasteiger partial charge in [0.2, 0.25) is 0 Å². The second kappa shape index (κ2) is 7.05. The smallest absolute Gasteiger partial charge is 0.0597 e. The number of ether oxygens (including phenoxy) is 1. The van der Waals surface area contributed by atoms with E-state index in [4.69, 9.17) is 4.74 Å². The van der Waals surface area contributed by atoms with E-state index in [-0.39, 0.29) is 0 Å². The first kappa shape index (κ1) is 13.8. The second-order valence-electron chi connectivity index (χ2n) is 6.62. The highest BCUT2D eigenvalue weighted by Gasteiger charge is 2.28. The molecule has 0 amide bonds. The quantitative estimate of drug-likeness (QED) is 0.777. The highest BCUT2D eigenvalue weighted by Crippen LogP contribution is 2.22. The molecular formula is C16H30N2O. The average molecular weight is 266 g/mol. The number of fused-ring (bicyclic) bond motifs is 1. The zero-order valence-corrected chi connectivity index (χ0v) is 12.4. The Labute approximate surface area is 118 Å². The van der Waals surface area contributed by atoms with Crippen molar-refractivity contribution in [3.63, 3.8) is 0 Å². The molecule has 2 aliphatic heterocycles. The Balaban J connectivity index is 1.34. The summed E-state index contributed by atoms with van der Waals surface area (Å²) in [6.45, 7) is 7.28. The normalized spacial score (nSPS) is 31.3. The van der Waals surface area contributed by atoms with E-state index in [0.717, 1.165) is 19.2 Å². The van der Waals surface area contributed by atoms with Crippen LogP contribution in [0, 0.1) is 0 Å². The lowest BCUT2D eigenvalue weighted by Gasteiger charge is -2.44. The number of piperidine rings is 1. The largest absolute Gasteiger partial charge is 0.377 e. The minimum Gasteiger partial charge on any atom is -0.377 e. The van der Waals surface area contributed by atoms with Crippen LogP contribution in [-0.4, -0.2) is 61.3 Å². The number of hydrogen-bond acceptors (Lipinski definition) is 3. The van der Waals surface area contributed by atoms with Gasteiger partial charge in [0.25, 0.3) is 0 Å². The van der Waals surface area contributed by atoms with Crippen LogP contribution in [-0.2, 0) is 4.74 Å². The summed E-state index contributed by atoms with van der Waals surface area (Å²) in [5.41, 5.74) is 0. The molecule has 3 rings (SSSR count). The van der Waals surface area contributed by atoms with Gasteiger partial charge in [-0.25, -0.2) is 0 Å². The van der Waals surface area contributed by atoms with Gasteiger partial charge in [-0.1, -0.05) is 25.7 Å². The summed E-state index contributed by atoms with van der Waals surface area (Å²) in [7, 11) is 0. The van der Waals surface area contributed by atoms with Crippen LogP contribution >= 0.6 is 0 Å². The maximum atomic E-state index is 6.07. The van der Waals surface area contributed by atoms with Gasteiger partial charge in [-0.2, -0.15) is 0 Å². The van der Waals surface area contributed by atoms with Crippen molar-refractivity contribution in [2.24, 2.45) is 0 Å². The van der Waals surface area contributed by atoms with Crippen molar-refractivity contribution in [2.75, 3.05) is 39.3 Å². The van der Waals surface area contributed by atoms with Crippen molar-refractivity contribution < 1.29 is 4.74 Å². The summed E-state index contributed by atoms with van der Waals surface area (Å²) in [5, 5.41) is 0. The van der Waals surface area contributed by atoms with Gasteiger partial charge in [0, 0.05) is 32.2 Å². The van der Waals surface area contributed by atoms with Gasteiger partial charge in [-0.3, -0.25) is 9.80 Å². The van der Waals surface area contributed by atoms with E-state index in [9.17, 15) is 0 Å². The molecule has 1 aliphatic carbocycles. The van der Waals surface area contributed by atoms with Crippen LogP contribution in [0.1, 0.15) is 51.4 Å². The van der Waals surface area contributed by atoms with Crippen molar-refractivity contribution in [1.82, 2.24) is 9.80 Å². The summed E-state index contributed by atoms with van der Waals surface area (Å²) in [6.07, 6.45) is 11.6. The molecule has 3 aliphatic rings. The summed E-state index contributed by atoms with van der Waals surface area (Å²) in [5.74, 6) is 0. The maximum Gasteiger partial charge on any atom is 0.0597 e. The van der Waals surface area contributed by atoms with Crippen LogP contribution in [0.5, 0.6) is 0 Å². The Kier molecular flexibility index (Phi) is 5.14. The Morgan fingerprint density at radius 1 is 0.842 bits per heavy atom. The number of hydrogen-bond donors (Lipinski definition) is 0. The molecule has 3 heteroatoms. The van der Waals surface area contributed by atoms with Crippen molar-refractivity contribution in [3.8, 4) is 0 Å². The van der Waals surface area contributed by atoms with Gasteiger partial charge in [0.05, 0.1) is 12.7 Å². The van der Waals surface area contributed by atoms with Crippen LogP contribution in [0.3, 0.4) is 0 Å². The molecule has 0 spiro atoms. The van der Waals surface area contributed by atoms with Crippen LogP contribution < -0.4 is 0 Å². The number of piperazine rings is 1. The predicted molar refractivity (Wildman–Crippen MR) is 78.5 cm³/mol. The molecule has 0 N–H and O–H groups in total. The highest BCUT2D eigenvalue weighted by atomic mass is 16.5. The lowest BCUT2D eigenvalue weighted by atomic mass is 9.98. The summed E-state index contributed by atoms with van der Waals surface area (Å²) >= 11 is 0. The molecule has 1 unspecified atom stereocenters. The van der Waals surface area contributed by atoms with Gasteiger partial charge >= 0.3 is 0 Å². The molecule has 0 bridgehead atoms. The zero-order valence-electron chi connectivity index (χ0n) is 12.4. The average Bonchev–Trinajstić information content (AvgIpc) is 2.48. The van der Waals surface area contributed by atoms with E-state index >= 15 is 0 Å². The maximum absolute atomic E-state index is 6.07. The highest BCUT2D eigenvalue weighted by molar-refractivity contribution is 4.84. The molecule has 3 nitrogen and oxygen atoms in total. The molecule has 2 heterocycles. The van der Waals surface area contributed by atoms with Crippen LogP contribution in [0.2, 0.25) is 0 Å². The first-order valence-electron chi connectivity index (χ1n) is 8.50. The lowest BCUT2D eigenvalue weighted by molar-refractivity contribution is -0.00423. The SMILES string of the molecule is C1CCC(OCCN2CCN3CCCCC3C2)CC1. The van der Waals surface area contributed by atoms with Gasteiger partial charge in [0.15, 0.2) is 0 Å². The fourth-order valence-electron chi connectivity index (χ4n) is 4.00. The molecule has 2 saturated heterocycles. The first-order chi connectivity index (χ1) is 9.42. The number of nitrogens with zero attached hydrogens (tertiary/aromatic N) is 2. The van der Waals surface area contributed by atoms with Crippen LogP contribution in [0.25, 0.3) is 0 Å². The lowest BCUT2D eigenvalue weighted by Crippen LogP contribution is -2.55. The Morgan fingerprint density at radius 2 is 1.68 bits per heavy atom. The predicted octanol–water partition coefficient (Wildman–Crippen LogP) is 2.51. The Bertz CT molecular complexity index is 265. The van der Waals surface area contributed by atoms with E-state index in [1.807, 2.05) is 0 Å². The Hall–Kier alpha value is -0.120. The molecule has 0 aromatic rings. The van der Waals surface area contributed by atoms with E-state index in [2.05, 4.69) is 9.80 Å². The molecule has 0 aromatic carbocycles. The molecule has 1 atom stereocenters. The monoisotopic (exact) mass is 266 g/mol. The van der Waals surface area contributed by atoms with Gasteiger partial charge in [-0.05, 0) is 32.2 Å². The molecule has 1 saturated carbocycles. The molecule has 3 fully saturated rings. The van der Waals surface area contributed by atoms with Crippen LogP contribution in [0.15, 0.2) is 0 Å². The third kappa shape index (κ3) is 3.93. The van der Waals surface area contributed by atoms with Crippen LogP contribution in [0.4, 0.5) is 0 Å². The summed E-state index contributed by atoms with van der Waals surface area (Å²) in [6, 6.07) is 0.845. The minimum absolute atomic E-state index is 0.574. The van der Waals surface area contributed by atoms with E-state index in [1.54, 1.807) is 0 Å². The summed E-state index contributed by atoms with van der Waals surface area (Å²) < 4.78 is 6.07. The topological polar surface area (TPSA) is 15.7 Å². The van der Waals surface area contributed by atoms with E-state index < -0.39 is 0 Å². The van der Waals surface area contributed by atoms with Gasteiger partial charge < -0.3 is 4.74 Å². The minimum atomic E-state index is 0.574. The zero-order chi connectivity index (χ0) is 12.9. The first-order valence-corrected chi connectivity index (χ1v) is 8.50. The Morgan fingerprint density at radius 3 is 2.58 bits per heavy atom. The second-order valence-corrected chi connectivity index (χ2v) is 6.62. The van der Waals surface area contributed by atoms with Crippen molar-refractivity contribution in [3.05, 3.63) is 0 Å². The van der Waals surface area contributed by atoms with E-state index in [0.29, 0.717) is 6.10 Å². The van der Waals surface area contributed by atoms with Crippen molar-refractivity contribution >= 4 is 0 Å². The van der Waals surface area contributed by atoms with Crippen molar-refractivity contribution in [2.45, 2.75) is 63.5 Å².